The number of nitrogens with one attached hydrogen (secondary N) is 4. The molecule has 0 spiro atoms. The first-order chi connectivity index (χ1) is 12.0. The quantitative estimate of drug-likeness (QED) is 0.292. The number of guanidine groups is 1. The van der Waals surface area contributed by atoms with Gasteiger partial charge in [0.25, 0.3) is 0 Å². The molecule has 0 aromatic heterocycles. The maximum atomic E-state index is 11.8. The lowest BCUT2D eigenvalue weighted by molar-refractivity contribution is -0.138. The first kappa shape index (κ1) is 19.0. The number of carbonyl (C=O) groups excluding carboxylic acids is 2. The van der Waals surface area contributed by atoms with Gasteiger partial charge >= 0.3 is 12.1 Å². The molecule has 140 valence electrons. The van der Waals surface area contributed by atoms with Gasteiger partial charge in [-0.15, -0.1) is 0 Å². The summed E-state index contributed by atoms with van der Waals surface area (Å²) in [6.07, 6.45) is 2.09. The van der Waals surface area contributed by atoms with Crippen LogP contribution in [-0.2, 0) is 14.3 Å². The highest BCUT2D eigenvalue weighted by atomic mass is 16.5. The number of hydrogen-bond acceptors (Lipinski definition) is 6. The highest BCUT2D eigenvalue weighted by molar-refractivity contribution is 5.94. The van der Waals surface area contributed by atoms with Crippen LogP contribution in [0.3, 0.4) is 0 Å². The third-order valence-corrected chi connectivity index (χ3v) is 3.87. The Kier molecular flexibility index (Phi) is 6.99. The van der Waals surface area contributed by atoms with Crippen molar-refractivity contribution in [1.29, 1.82) is 0 Å². The first-order valence-corrected chi connectivity index (χ1v) is 8.45. The lowest BCUT2D eigenvalue weighted by Gasteiger charge is -2.12. The number of nitrogens with zero attached hydrogens (tertiary/aromatic N) is 1. The summed E-state index contributed by atoms with van der Waals surface area (Å²) >= 11 is 0. The molecule has 1 saturated heterocycles. The number of carbonyl (C=O) groups is 3. The molecule has 2 amide bonds. The second-order valence-corrected chi connectivity index (χ2v) is 6.13. The van der Waals surface area contributed by atoms with Crippen molar-refractivity contribution >= 4 is 23.9 Å². The van der Waals surface area contributed by atoms with E-state index in [1.54, 1.807) is 6.92 Å². The molecule has 0 radical (unpaired) electrons. The molecule has 2 rings (SSSR count). The van der Waals surface area contributed by atoms with Crippen molar-refractivity contribution in [3.05, 3.63) is 0 Å². The second kappa shape index (κ2) is 9.21. The molecule has 0 aromatic carbocycles. The topological polar surface area (TPSA) is 141 Å². The smallest absolute Gasteiger partial charge is 0.413 e. The fourth-order valence-corrected chi connectivity index (χ4v) is 2.46. The molecule has 10 heteroatoms. The number of hydrogen-bond donors (Lipinski definition) is 5. The SMILES string of the molecule is CCOC(=O)NC(=NC[C@H]1CN[C@H](C(=O)NCC(=O)O)C1)NC1CC1. The lowest BCUT2D eigenvalue weighted by atomic mass is 10.1. The van der Waals surface area contributed by atoms with E-state index >= 15 is 0 Å². The molecule has 0 aromatic rings. The van der Waals surface area contributed by atoms with Gasteiger partial charge < -0.3 is 25.8 Å². The number of rotatable bonds is 7. The average Bonchev–Trinajstić information content (AvgIpc) is 3.24. The van der Waals surface area contributed by atoms with Crippen molar-refractivity contribution in [3.8, 4) is 0 Å². The third-order valence-electron chi connectivity index (χ3n) is 3.87. The molecule has 2 fully saturated rings. The first-order valence-electron chi connectivity index (χ1n) is 8.45. The van der Waals surface area contributed by atoms with E-state index in [4.69, 9.17) is 9.84 Å². The van der Waals surface area contributed by atoms with Gasteiger partial charge in [-0.3, -0.25) is 19.9 Å². The molecule has 10 nitrogen and oxygen atoms in total. The molecule has 5 N–H and O–H groups in total. The van der Waals surface area contributed by atoms with Gasteiger partial charge in [0.1, 0.15) is 6.54 Å². The van der Waals surface area contributed by atoms with Crippen molar-refractivity contribution in [3.63, 3.8) is 0 Å². The van der Waals surface area contributed by atoms with Crippen LogP contribution in [0.4, 0.5) is 4.79 Å². The fraction of sp³-hybridized carbons (Fsp3) is 0.733. The standard InChI is InChI=1S/C15H25N5O5/c1-2-25-15(24)20-14(19-10-3-4-10)18-7-9-5-11(16-6-9)13(23)17-8-12(21)22/h9-11,16H,2-8H2,1H3,(H,17,23)(H,21,22)(H2,18,19,20,24)/t9-,11+/m1/s1. The van der Waals surface area contributed by atoms with Crippen LogP contribution in [0.25, 0.3) is 0 Å². The minimum atomic E-state index is -1.08. The van der Waals surface area contributed by atoms with Gasteiger partial charge in [0.05, 0.1) is 12.6 Å². The molecule has 1 saturated carbocycles. The molecule has 1 aliphatic carbocycles. The Bertz CT molecular complexity index is 534. The van der Waals surface area contributed by atoms with Crippen LogP contribution in [0.2, 0.25) is 0 Å². The van der Waals surface area contributed by atoms with E-state index in [0.717, 1.165) is 12.8 Å². The van der Waals surface area contributed by atoms with E-state index in [9.17, 15) is 14.4 Å². The van der Waals surface area contributed by atoms with Crippen molar-refractivity contribution in [1.82, 2.24) is 21.3 Å². The number of amides is 2. The van der Waals surface area contributed by atoms with E-state index in [1.807, 2.05) is 0 Å². The zero-order valence-electron chi connectivity index (χ0n) is 14.2. The van der Waals surface area contributed by atoms with Gasteiger partial charge in [0.15, 0.2) is 0 Å². The minimum Gasteiger partial charge on any atom is -0.480 e. The summed E-state index contributed by atoms with van der Waals surface area (Å²) in [4.78, 5) is 38.3. The summed E-state index contributed by atoms with van der Waals surface area (Å²) in [6, 6.07) is -0.0886. The Hall–Kier alpha value is -2.36. The van der Waals surface area contributed by atoms with Gasteiger partial charge in [0, 0.05) is 19.1 Å². The Morgan fingerprint density at radius 3 is 2.72 bits per heavy atom. The number of aliphatic carboxylic acids is 1. The Morgan fingerprint density at radius 1 is 1.32 bits per heavy atom. The van der Waals surface area contributed by atoms with Crippen LogP contribution < -0.4 is 21.3 Å². The van der Waals surface area contributed by atoms with Gasteiger partial charge in [-0.2, -0.15) is 0 Å². The Labute approximate surface area is 145 Å². The Balaban J connectivity index is 1.80. The number of carboxylic acids is 1. The van der Waals surface area contributed by atoms with Gasteiger partial charge in [0.2, 0.25) is 11.9 Å². The predicted molar refractivity (Wildman–Crippen MR) is 89.2 cm³/mol. The number of ether oxygens (including phenoxy) is 1. The minimum absolute atomic E-state index is 0.126. The van der Waals surface area contributed by atoms with Crippen molar-refractivity contribution in [2.24, 2.45) is 10.9 Å². The summed E-state index contributed by atoms with van der Waals surface area (Å²) in [5, 5.41) is 19.7. The van der Waals surface area contributed by atoms with E-state index in [0.29, 0.717) is 31.5 Å². The summed E-state index contributed by atoms with van der Waals surface area (Å²) in [5.41, 5.74) is 0. The molecule has 0 bridgehead atoms. The van der Waals surface area contributed by atoms with E-state index in [2.05, 4.69) is 26.3 Å². The highest BCUT2D eigenvalue weighted by Gasteiger charge is 2.30. The third kappa shape index (κ3) is 6.96. The Morgan fingerprint density at radius 2 is 2.08 bits per heavy atom. The maximum absolute atomic E-state index is 11.8. The predicted octanol–water partition coefficient (Wildman–Crippen LogP) is -0.981. The average molecular weight is 355 g/mol. The normalized spacial score (nSPS) is 23.0. The number of aliphatic imine (C=N–C) groups is 1. The van der Waals surface area contributed by atoms with Crippen LogP contribution in [-0.4, -0.2) is 67.4 Å². The van der Waals surface area contributed by atoms with Gasteiger partial charge in [-0.05, 0) is 32.1 Å². The van der Waals surface area contributed by atoms with Crippen LogP contribution in [0.5, 0.6) is 0 Å². The van der Waals surface area contributed by atoms with Crippen LogP contribution in [0.15, 0.2) is 4.99 Å². The molecule has 1 heterocycles. The van der Waals surface area contributed by atoms with Crippen molar-refractivity contribution < 1.29 is 24.2 Å². The highest BCUT2D eigenvalue weighted by Crippen LogP contribution is 2.19. The largest absolute Gasteiger partial charge is 0.480 e. The van der Waals surface area contributed by atoms with Crippen molar-refractivity contribution in [2.45, 2.75) is 38.3 Å². The van der Waals surface area contributed by atoms with E-state index in [1.165, 1.54) is 0 Å². The van der Waals surface area contributed by atoms with Gasteiger partial charge in [-0.1, -0.05) is 0 Å². The molecular weight excluding hydrogens is 330 g/mol. The summed E-state index contributed by atoms with van der Waals surface area (Å²) in [5.74, 6) is -0.886. The van der Waals surface area contributed by atoms with E-state index in [-0.39, 0.29) is 18.4 Å². The molecule has 2 aliphatic rings. The zero-order valence-corrected chi connectivity index (χ0v) is 14.2. The number of alkyl carbamates (subject to hydrolysis) is 1. The van der Waals surface area contributed by atoms with E-state index < -0.39 is 24.6 Å². The summed E-state index contributed by atoms with van der Waals surface area (Å²) in [6.45, 7) is 2.66. The molecule has 2 atom stereocenters. The lowest BCUT2D eigenvalue weighted by Crippen LogP contribution is -2.42. The number of carboxylic acid groups (broad SMARTS) is 1. The molecular formula is C15H25N5O5. The van der Waals surface area contributed by atoms with Crippen LogP contribution in [0.1, 0.15) is 26.2 Å². The summed E-state index contributed by atoms with van der Waals surface area (Å²) in [7, 11) is 0. The van der Waals surface area contributed by atoms with Crippen LogP contribution in [0, 0.1) is 5.92 Å². The monoisotopic (exact) mass is 355 g/mol. The maximum Gasteiger partial charge on any atom is 0.413 e. The fourth-order valence-electron chi connectivity index (χ4n) is 2.46. The van der Waals surface area contributed by atoms with Crippen LogP contribution >= 0.6 is 0 Å². The van der Waals surface area contributed by atoms with Gasteiger partial charge in [-0.25, -0.2) is 4.79 Å². The second-order valence-electron chi connectivity index (χ2n) is 6.13. The molecule has 1 aliphatic heterocycles. The molecule has 0 unspecified atom stereocenters. The molecule has 25 heavy (non-hydrogen) atoms. The zero-order chi connectivity index (χ0) is 18.2. The van der Waals surface area contributed by atoms with Crippen molar-refractivity contribution in [2.75, 3.05) is 26.2 Å². The summed E-state index contributed by atoms with van der Waals surface area (Å²) < 4.78 is 4.86.